The van der Waals surface area contributed by atoms with Gasteiger partial charge in [-0.25, -0.2) is 13.5 Å². The number of ether oxygens (including phenoxy) is 1. The number of benzene rings is 1. The van der Waals surface area contributed by atoms with E-state index in [4.69, 9.17) is 10.5 Å². The predicted molar refractivity (Wildman–Crippen MR) is 84.1 cm³/mol. The number of nitrogens with zero attached hydrogens (tertiary/aromatic N) is 2. The number of hydrogen-bond acceptors (Lipinski definition) is 3. The Labute approximate surface area is 134 Å². The molecule has 1 heterocycles. The Morgan fingerprint density at radius 2 is 2.09 bits per heavy atom. The summed E-state index contributed by atoms with van der Waals surface area (Å²) in [5.41, 5.74) is 7.95. The van der Waals surface area contributed by atoms with Crippen molar-refractivity contribution in [1.29, 1.82) is 0 Å². The van der Waals surface area contributed by atoms with E-state index >= 15 is 0 Å². The molecule has 0 spiro atoms. The number of alkyl halides is 2. The average molecular weight is 321 g/mol. The van der Waals surface area contributed by atoms with Gasteiger partial charge in [-0.3, -0.25) is 0 Å². The van der Waals surface area contributed by atoms with E-state index in [-0.39, 0.29) is 31.4 Å². The number of aromatic nitrogens is 2. The summed E-state index contributed by atoms with van der Waals surface area (Å²) in [4.78, 5) is 0. The first-order chi connectivity index (χ1) is 10.9. The molecule has 4 nitrogen and oxygen atoms in total. The number of aryl methyl sites for hydroxylation is 1. The molecule has 2 N–H and O–H groups in total. The van der Waals surface area contributed by atoms with Crippen molar-refractivity contribution < 1.29 is 13.5 Å². The minimum atomic E-state index is -2.62. The van der Waals surface area contributed by atoms with Crippen LogP contribution in [0.5, 0.6) is 5.75 Å². The van der Waals surface area contributed by atoms with Gasteiger partial charge < -0.3 is 10.5 Å². The first-order valence-electron chi connectivity index (χ1n) is 7.81. The molecule has 124 valence electrons. The molecule has 0 bridgehead atoms. The van der Waals surface area contributed by atoms with Gasteiger partial charge in [0.25, 0.3) is 0 Å². The molecule has 1 saturated carbocycles. The summed E-state index contributed by atoms with van der Waals surface area (Å²) >= 11 is 0. The Kier molecular flexibility index (Phi) is 4.35. The Bertz CT molecular complexity index is 654. The lowest BCUT2D eigenvalue weighted by atomic mass is 9.83. The molecule has 2 aromatic rings. The third-order valence-electron chi connectivity index (χ3n) is 4.29. The second kappa shape index (κ2) is 6.28. The van der Waals surface area contributed by atoms with Crippen molar-refractivity contribution in [3.05, 3.63) is 42.2 Å². The molecule has 1 aromatic carbocycles. The molecule has 0 aliphatic heterocycles. The summed E-state index contributed by atoms with van der Waals surface area (Å²) in [6.45, 7) is 2.20. The summed E-state index contributed by atoms with van der Waals surface area (Å²) in [6.07, 6.45) is 3.74. The zero-order chi connectivity index (χ0) is 16.4. The van der Waals surface area contributed by atoms with Gasteiger partial charge in [-0.05, 0) is 43.2 Å². The molecule has 1 aromatic heterocycles. The fourth-order valence-electron chi connectivity index (χ4n) is 2.89. The van der Waals surface area contributed by atoms with Crippen molar-refractivity contribution in [1.82, 2.24) is 9.78 Å². The fourth-order valence-corrected chi connectivity index (χ4v) is 2.89. The van der Waals surface area contributed by atoms with Crippen molar-refractivity contribution in [3.8, 4) is 11.4 Å². The molecule has 1 aliphatic carbocycles. The van der Waals surface area contributed by atoms with Gasteiger partial charge in [-0.2, -0.15) is 5.10 Å². The first-order valence-corrected chi connectivity index (χ1v) is 7.81. The van der Waals surface area contributed by atoms with E-state index in [1.54, 1.807) is 10.9 Å². The lowest BCUT2D eigenvalue weighted by Gasteiger charge is -2.33. The van der Waals surface area contributed by atoms with Crippen molar-refractivity contribution in [2.24, 2.45) is 11.7 Å². The number of rotatable bonds is 4. The standard InChI is InChI=1S/C17H21F2N3O/c1-12-9-21-22(10-12)14-2-4-15(5-3-14)23-11-13-8-17(18,19)7-6-16(13)20/h2-5,9-10,13,16H,6-8,11,20H2,1H3/t13-,16-/m0/s1. The van der Waals surface area contributed by atoms with E-state index in [0.29, 0.717) is 12.2 Å². The minimum absolute atomic E-state index is 0.122. The normalized spacial score (nSPS) is 23.7. The van der Waals surface area contributed by atoms with E-state index in [1.807, 2.05) is 37.4 Å². The van der Waals surface area contributed by atoms with Crippen LogP contribution < -0.4 is 10.5 Å². The van der Waals surface area contributed by atoms with Crippen LogP contribution in [0.2, 0.25) is 0 Å². The molecule has 0 amide bonds. The predicted octanol–water partition coefficient (Wildman–Crippen LogP) is 3.32. The maximum Gasteiger partial charge on any atom is 0.248 e. The quantitative estimate of drug-likeness (QED) is 0.940. The summed E-state index contributed by atoms with van der Waals surface area (Å²) in [6, 6.07) is 7.19. The maximum atomic E-state index is 13.5. The average Bonchev–Trinajstić information content (AvgIpc) is 2.95. The van der Waals surface area contributed by atoms with E-state index < -0.39 is 5.92 Å². The van der Waals surface area contributed by atoms with Crippen molar-refractivity contribution >= 4 is 0 Å². The zero-order valence-electron chi connectivity index (χ0n) is 13.1. The van der Waals surface area contributed by atoms with Crippen LogP contribution >= 0.6 is 0 Å². The van der Waals surface area contributed by atoms with Gasteiger partial charge in [0.05, 0.1) is 18.5 Å². The second-order valence-corrected chi connectivity index (χ2v) is 6.29. The van der Waals surface area contributed by atoms with Gasteiger partial charge in [-0.1, -0.05) is 0 Å². The summed E-state index contributed by atoms with van der Waals surface area (Å²) in [5, 5.41) is 4.24. The summed E-state index contributed by atoms with van der Waals surface area (Å²) in [5.74, 6) is -2.28. The molecule has 23 heavy (non-hydrogen) atoms. The lowest BCUT2D eigenvalue weighted by Crippen LogP contribution is -2.43. The highest BCUT2D eigenvalue weighted by atomic mass is 19.3. The molecular formula is C17H21F2N3O. The van der Waals surface area contributed by atoms with Crippen LogP contribution in [0.3, 0.4) is 0 Å². The van der Waals surface area contributed by atoms with Crippen LogP contribution in [0.25, 0.3) is 5.69 Å². The Hall–Kier alpha value is -1.95. The van der Waals surface area contributed by atoms with Gasteiger partial charge in [-0.15, -0.1) is 0 Å². The molecule has 1 aliphatic rings. The zero-order valence-corrected chi connectivity index (χ0v) is 13.1. The minimum Gasteiger partial charge on any atom is -0.493 e. The molecular weight excluding hydrogens is 300 g/mol. The number of halogens is 2. The van der Waals surface area contributed by atoms with Crippen molar-refractivity contribution in [3.63, 3.8) is 0 Å². The van der Waals surface area contributed by atoms with Gasteiger partial charge in [0.1, 0.15) is 5.75 Å². The third-order valence-corrected chi connectivity index (χ3v) is 4.29. The van der Waals surface area contributed by atoms with Gasteiger partial charge in [0, 0.05) is 31.0 Å². The molecule has 0 radical (unpaired) electrons. The van der Waals surface area contributed by atoms with Crippen LogP contribution in [0.15, 0.2) is 36.7 Å². The topological polar surface area (TPSA) is 53.1 Å². The Morgan fingerprint density at radius 1 is 1.35 bits per heavy atom. The van der Waals surface area contributed by atoms with Gasteiger partial charge in [0.2, 0.25) is 5.92 Å². The monoisotopic (exact) mass is 321 g/mol. The largest absolute Gasteiger partial charge is 0.493 e. The van der Waals surface area contributed by atoms with Crippen LogP contribution in [-0.4, -0.2) is 28.4 Å². The summed E-state index contributed by atoms with van der Waals surface area (Å²) in [7, 11) is 0. The van der Waals surface area contributed by atoms with E-state index in [9.17, 15) is 8.78 Å². The van der Waals surface area contributed by atoms with E-state index in [0.717, 1.165) is 11.3 Å². The fraction of sp³-hybridized carbons (Fsp3) is 0.471. The van der Waals surface area contributed by atoms with Gasteiger partial charge in [0.15, 0.2) is 0 Å². The maximum absolute atomic E-state index is 13.5. The van der Waals surface area contributed by atoms with E-state index in [1.165, 1.54) is 0 Å². The molecule has 2 atom stereocenters. The van der Waals surface area contributed by atoms with Crippen LogP contribution in [0, 0.1) is 12.8 Å². The molecule has 0 unspecified atom stereocenters. The Balaban J connectivity index is 1.60. The SMILES string of the molecule is Cc1cnn(-c2ccc(OC[C@@H]3CC(F)(F)CC[C@@H]3N)cc2)c1. The molecule has 6 heteroatoms. The van der Waals surface area contributed by atoms with Crippen LogP contribution in [0.1, 0.15) is 24.8 Å². The lowest BCUT2D eigenvalue weighted by molar-refractivity contribution is -0.0643. The third kappa shape index (κ3) is 3.88. The highest BCUT2D eigenvalue weighted by molar-refractivity contribution is 5.37. The molecule has 0 saturated heterocycles. The van der Waals surface area contributed by atoms with Crippen molar-refractivity contribution in [2.75, 3.05) is 6.61 Å². The molecule has 1 fully saturated rings. The highest BCUT2D eigenvalue weighted by Gasteiger charge is 2.40. The smallest absolute Gasteiger partial charge is 0.248 e. The Morgan fingerprint density at radius 3 is 2.74 bits per heavy atom. The van der Waals surface area contributed by atoms with Gasteiger partial charge >= 0.3 is 0 Å². The van der Waals surface area contributed by atoms with Crippen LogP contribution in [-0.2, 0) is 0 Å². The van der Waals surface area contributed by atoms with E-state index in [2.05, 4.69) is 5.10 Å². The van der Waals surface area contributed by atoms with Crippen molar-refractivity contribution in [2.45, 2.75) is 38.2 Å². The number of hydrogen-bond donors (Lipinski definition) is 1. The number of nitrogens with two attached hydrogens (primary N) is 1. The summed E-state index contributed by atoms with van der Waals surface area (Å²) < 4.78 is 34.4. The second-order valence-electron chi connectivity index (χ2n) is 6.29. The van der Waals surface area contributed by atoms with Crippen LogP contribution in [0.4, 0.5) is 8.78 Å². The highest BCUT2D eigenvalue weighted by Crippen LogP contribution is 2.36. The first kappa shape index (κ1) is 15.9. The molecule has 3 rings (SSSR count).